The number of hydrogen-bond acceptors (Lipinski definition) is 2. The van der Waals surface area contributed by atoms with Gasteiger partial charge in [0.1, 0.15) is 0 Å². The van der Waals surface area contributed by atoms with E-state index in [0.717, 1.165) is 6.42 Å². The lowest BCUT2D eigenvalue weighted by atomic mass is 9.66. The molecule has 0 heterocycles. The zero-order valence-corrected chi connectivity index (χ0v) is 12.3. The minimum Gasteiger partial charge on any atom is -0.380 e. The van der Waals surface area contributed by atoms with Crippen molar-refractivity contribution in [2.45, 2.75) is 52.1 Å². The maximum absolute atomic E-state index is 11.6. The van der Waals surface area contributed by atoms with Gasteiger partial charge < -0.3 is 4.74 Å². The van der Waals surface area contributed by atoms with E-state index in [1.807, 2.05) is 0 Å². The average molecular weight is 260 g/mol. The van der Waals surface area contributed by atoms with Crippen molar-refractivity contribution in [3.05, 3.63) is 12.2 Å². The van der Waals surface area contributed by atoms with Crippen molar-refractivity contribution in [3.8, 4) is 11.8 Å². The van der Waals surface area contributed by atoms with E-state index in [9.17, 15) is 4.79 Å². The summed E-state index contributed by atoms with van der Waals surface area (Å²) in [6.45, 7) is 8.24. The summed E-state index contributed by atoms with van der Waals surface area (Å²) in [5.41, 5.74) is 1.00. The highest BCUT2D eigenvalue weighted by Crippen LogP contribution is 2.45. The molecular formula is C17H24O2. The van der Waals surface area contributed by atoms with Gasteiger partial charge in [0.15, 0.2) is 5.78 Å². The second-order valence-electron chi connectivity index (χ2n) is 6.36. The zero-order chi connectivity index (χ0) is 14.0. The fourth-order valence-corrected chi connectivity index (χ4v) is 3.22. The van der Waals surface area contributed by atoms with E-state index in [2.05, 4.69) is 32.3 Å². The molecule has 1 unspecified atom stereocenters. The van der Waals surface area contributed by atoms with E-state index in [4.69, 9.17) is 4.74 Å². The molecule has 0 aromatic carbocycles. The van der Waals surface area contributed by atoms with Crippen molar-refractivity contribution in [2.75, 3.05) is 7.11 Å². The number of rotatable bonds is 3. The summed E-state index contributed by atoms with van der Waals surface area (Å²) in [4.78, 5) is 11.6. The molecule has 3 atom stereocenters. The second kappa shape index (κ2) is 5.51. The Balaban J connectivity index is 1.96. The third-order valence-electron chi connectivity index (χ3n) is 4.91. The van der Waals surface area contributed by atoms with Gasteiger partial charge in [0.2, 0.25) is 0 Å². The number of ketones is 1. The quantitative estimate of drug-likeness (QED) is 0.574. The molecule has 0 spiro atoms. The first-order valence-corrected chi connectivity index (χ1v) is 7.21. The van der Waals surface area contributed by atoms with E-state index in [1.165, 1.54) is 19.3 Å². The largest absolute Gasteiger partial charge is 0.380 e. The van der Waals surface area contributed by atoms with Gasteiger partial charge in [-0.1, -0.05) is 38.7 Å². The van der Waals surface area contributed by atoms with Gasteiger partial charge in [-0.05, 0) is 24.2 Å². The number of Topliss-reactive ketones (excluding diaryl/α,β-unsaturated/α-hetero) is 1. The van der Waals surface area contributed by atoms with Gasteiger partial charge in [-0.3, -0.25) is 4.79 Å². The van der Waals surface area contributed by atoms with Crippen LogP contribution in [0.1, 0.15) is 46.0 Å². The summed E-state index contributed by atoms with van der Waals surface area (Å²) in [5.74, 6) is 7.04. The van der Waals surface area contributed by atoms with Crippen LogP contribution in [0.5, 0.6) is 0 Å². The van der Waals surface area contributed by atoms with Crippen LogP contribution in [-0.4, -0.2) is 19.0 Å². The monoisotopic (exact) mass is 260 g/mol. The summed E-state index contributed by atoms with van der Waals surface area (Å²) in [5, 5.41) is 0. The fourth-order valence-electron chi connectivity index (χ4n) is 3.22. The predicted molar refractivity (Wildman–Crippen MR) is 76.6 cm³/mol. The molecule has 0 bridgehead atoms. The van der Waals surface area contributed by atoms with Crippen LogP contribution in [-0.2, 0) is 9.53 Å². The third-order valence-corrected chi connectivity index (χ3v) is 4.91. The standard InChI is InChI=1S/C17H24O2/c1-12-11-15(18)13(2)14(12)7-5-8-16(19-4)17(3)9-6-10-17/h12,14,16H,2,6,8-11H2,1,3-4H3/t12-,14+,16?/m1/s1. The summed E-state index contributed by atoms with van der Waals surface area (Å²) in [6.07, 6.45) is 5.35. The van der Waals surface area contributed by atoms with Gasteiger partial charge in [0, 0.05) is 25.5 Å². The highest BCUT2D eigenvalue weighted by atomic mass is 16.5. The molecule has 0 radical (unpaired) electrons. The minimum absolute atomic E-state index is 0.0548. The number of carbonyl (C=O) groups is 1. The van der Waals surface area contributed by atoms with Crippen LogP contribution >= 0.6 is 0 Å². The first-order chi connectivity index (χ1) is 8.98. The molecule has 104 valence electrons. The van der Waals surface area contributed by atoms with Crippen LogP contribution in [0.25, 0.3) is 0 Å². The van der Waals surface area contributed by atoms with Crippen LogP contribution in [0, 0.1) is 29.1 Å². The van der Waals surface area contributed by atoms with Gasteiger partial charge in [0.05, 0.1) is 12.0 Å². The molecule has 0 amide bonds. The topological polar surface area (TPSA) is 26.3 Å². The molecule has 0 aromatic rings. The van der Waals surface area contributed by atoms with Crippen molar-refractivity contribution in [2.24, 2.45) is 17.3 Å². The van der Waals surface area contributed by atoms with Gasteiger partial charge in [-0.2, -0.15) is 0 Å². The average Bonchev–Trinajstić information content (AvgIpc) is 2.58. The van der Waals surface area contributed by atoms with E-state index in [0.29, 0.717) is 23.3 Å². The van der Waals surface area contributed by atoms with E-state index in [-0.39, 0.29) is 17.8 Å². The van der Waals surface area contributed by atoms with Crippen molar-refractivity contribution in [3.63, 3.8) is 0 Å². The summed E-state index contributed by atoms with van der Waals surface area (Å²) in [7, 11) is 1.77. The van der Waals surface area contributed by atoms with Crippen LogP contribution < -0.4 is 0 Å². The molecule has 2 aliphatic rings. The number of hydrogen-bond donors (Lipinski definition) is 0. The summed E-state index contributed by atoms with van der Waals surface area (Å²) >= 11 is 0. The van der Waals surface area contributed by atoms with Crippen LogP contribution in [0.3, 0.4) is 0 Å². The van der Waals surface area contributed by atoms with Gasteiger partial charge in [0.25, 0.3) is 0 Å². The Hall–Kier alpha value is -1.07. The molecular weight excluding hydrogens is 236 g/mol. The Bertz CT molecular complexity index is 434. The van der Waals surface area contributed by atoms with Crippen molar-refractivity contribution in [1.29, 1.82) is 0 Å². The van der Waals surface area contributed by atoms with Crippen molar-refractivity contribution in [1.82, 2.24) is 0 Å². The molecule has 2 aliphatic carbocycles. The first-order valence-electron chi connectivity index (χ1n) is 7.21. The number of ether oxygens (including phenoxy) is 1. The summed E-state index contributed by atoms with van der Waals surface area (Å²) in [6, 6.07) is 0. The SMILES string of the molecule is C=C1C(=O)C[C@@H](C)[C@@H]1C#CCC(OC)C1(C)CCC1. The fraction of sp³-hybridized carbons (Fsp3) is 0.706. The van der Waals surface area contributed by atoms with Gasteiger partial charge in [-0.25, -0.2) is 0 Å². The Morgan fingerprint density at radius 2 is 2.21 bits per heavy atom. The molecule has 0 N–H and O–H groups in total. The second-order valence-corrected chi connectivity index (χ2v) is 6.36. The molecule has 2 saturated carbocycles. The Morgan fingerprint density at radius 3 is 2.63 bits per heavy atom. The van der Waals surface area contributed by atoms with Crippen LogP contribution in [0.15, 0.2) is 12.2 Å². The van der Waals surface area contributed by atoms with E-state index >= 15 is 0 Å². The molecule has 2 nitrogen and oxygen atoms in total. The Kier molecular flexibility index (Phi) is 4.16. The number of methoxy groups -OCH3 is 1. The smallest absolute Gasteiger partial charge is 0.159 e. The molecule has 2 heteroatoms. The maximum Gasteiger partial charge on any atom is 0.159 e. The van der Waals surface area contributed by atoms with Gasteiger partial charge >= 0.3 is 0 Å². The Labute approximate surface area is 116 Å². The van der Waals surface area contributed by atoms with Gasteiger partial charge in [-0.15, -0.1) is 0 Å². The summed E-state index contributed by atoms with van der Waals surface area (Å²) < 4.78 is 5.60. The van der Waals surface area contributed by atoms with E-state index in [1.54, 1.807) is 7.11 Å². The molecule has 0 saturated heterocycles. The van der Waals surface area contributed by atoms with E-state index < -0.39 is 0 Å². The maximum atomic E-state index is 11.6. The lowest BCUT2D eigenvalue weighted by molar-refractivity contribution is -0.114. The van der Waals surface area contributed by atoms with Crippen LogP contribution in [0.4, 0.5) is 0 Å². The highest BCUT2D eigenvalue weighted by Gasteiger charge is 2.39. The predicted octanol–water partition coefficient (Wildman–Crippen LogP) is 3.37. The number of allylic oxidation sites excluding steroid dienone is 1. The number of carbonyl (C=O) groups excluding carboxylic acids is 1. The molecule has 0 aliphatic heterocycles. The normalized spacial score (nSPS) is 30.5. The first kappa shape index (κ1) is 14.3. The minimum atomic E-state index is 0.0548. The Morgan fingerprint density at radius 1 is 1.53 bits per heavy atom. The van der Waals surface area contributed by atoms with Crippen LogP contribution in [0.2, 0.25) is 0 Å². The molecule has 2 rings (SSSR count). The highest BCUT2D eigenvalue weighted by molar-refractivity contribution is 5.98. The lowest BCUT2D eigenvalue weighted by Gasteiger charge is -2.43. The zero-order valence-electron chi connectivity index (χ0n) is 12.3. The molecule has 19 heavy (non-hydrogen) atoms. The lowest BCUT2D eigenvalue weighted by Crippen LogP contribution is -2.39. The molecule has 2 fully saturated rings. The van der Waals surface area contributed by atoms with Crippen molar-refractivity contribution >= 4 is 5.78 Å². The molecule has 0 aromatic heterocycles. The van der Waals surface area contributed by atoms with Crippen molar-refractivity contribution < 1.29 is 9.53 Å². The third kappa shape index (κ3) is 2.77.